The predicted molar refractivity (Wildman–Crippen MR) is 114 cm³/mol. The second kappa shape index (κ2) is 7.94. The van der Waals surface area contributed by atoms with Crippen LogP contribution in [0.5, 0.6) is 0 Å². The Bertz CT molecular complexity index is 1100. The van der Waals surface area contributed by atoms with Crippen molar-refractivity contribution < 1.29 is 14.4 Å². The van der Waals surface area contributed by atoms with Gasteiger partial charge in [-0.1, -0.05) is 25.0 Å². The number of nitrogens with zero attached hydrogens (tertiary/aromatic N) is 4. The number of hydrogen-bond donors (Lipinski definition) is 1. The first kappa shape index (κ1) is 19.4. The monoisotopic (exact) mass is 417 g/mol. The number of aromatic nitrogens is 3. The first-order valence-corrected chi connectivity index (χ1v) is 10.7. The predicted octanol–water partition coefficient (Wildman–Crippen LogP) is 2.90. The van der Waals surface area contributed by atoms with Gasteiger partial charge in [-0.3, -0.25) is 23.7 Å². The summed E-state index contributed by atoms with van der Waals surface area (Å²) in [5.41, 5.74) is 2.37. The summed E-state index contributed by atoms with van der Waals surface area (Å²) in [5.74, 6) is -0.151. The molecule has 3 aromatic rings. The van der Waals surface area contributed by atoms with Crippen LogP contribution in [-0.2, 0) is 14.4 Å². The van der Waals surface area contributed by atoms with E-state index >= 15 is 0 Å². The smallest absolute Gasteiger partial charge is 0.234 e. The van der Waals surface area contributed by atoms with Crippen LogP contribution in [0.1, 0.15) is 32.1 Å². The number of benzene rings is 1. The maximum atomic E-state index is 12.5. The van der Waals surface area contributed by atoms with Gasteiger partial charge in [-0.15, -0.1) is 0 Å². The van der Waals surface area contributed by atoms with Crippen LogP contribution >= 0.6 is 0 Å². The van der Waals surface area contributed by atoms with Crippen LogP contribution in [0.4, 0.5) is 5.69 Å². The van der Waals surface area contributed by atoms with Crippen molar-refractivity contribution in [3.8, 4) is 11.3 Å². The van der Waals surface area contributed by atoms with Gasteiger partial charge in [-0.2, -0.15) is 0 Å². The summed E-state index contributed by atoms with van der Waals surface area (Å²) in [7, 11) is 0. The van der Waals surface area contributed by atoms with E-state index < -0.39 is 0 Å². The summed E-state index contributed by atoms with van der Waals surface area (Å²) >= 11 is 0. The third-order valence-electron chi connectivity index (χ3n) is 6.19. The number of carbonyl (C=O) groups is 3. The third kappa shape index (κ3) is 3.69. The van der Waals surface area contributed by atoms with Gasteiger partial charge in [0, 0.05) is 42.8 Å². The van der Waals surface area contributed by atoms with Crippen LogP contribution in [0.15, 0.2) is 48.9 Å². The van der Waals surface area contributed by atoms with Crippen molar-refractivity contribution in [3.05, 3.63) is 48.9 Å². The van der Waals surface area contributed by atoms with Gasteiger partial charge in [0.25, 0.3) is 0 Å². The van der Waals surface area contributed by atoms with Gasteiger partial charge in [-0.05, 0) is 31.0 Å². The minimum Gasteiger partial charge on any atom is -0.326 e. The molecule has 1 N–H and O–H groups in total. The molecule has 8 heteroatoms. The molecule has 1 saturated heterocycles. The third-order valence-corrected chi connectivity index (χ3v) is 6.19. The number of rotatable bonds is 5. The average Bonchev–Trinajstić information content (AvgIpc) is 3.33. The summed E-state index contributed by atoms with van der Waals surface area (Å²) < 4.78 is 1.85. The van der Waals surface area contributed by atoms with E-state index in [1.807, 2.05) is 47.1 Å². The van der Waals surface area contributed by atoms with E-state index in [1.54, 1.807) is 6.20 Å². The summed E-state index contributed by atoms with van der Waals surface area (Å²) in [4.78, 5) is 47.4. The fourth-order valence-corrected chi connectivity index (χ4v) is 4.58. The maximum absolute atomic E-state index is 12.5. The molecule has 2 atom stereocenters. The zero-order chi connectivity index (χ0) is 21.4. The van der Waals surface area contributed by atoms with Crippen molar-refractivity contribution in [3.63, 3.8) is 0 Å². The highest BCUT2D eigenvalue weighted by molar-refractivity contribution is 6.05. The van der Waals surface area contributed by atoms with E-state index in [0.717, 1.165) is 36.9 Å². The molecule has 3 heterocycles. The Kier molecular flexibility index (Phi) is 4.97. The first-order valence-electron chi connectivity index (χ1n) is 10.7. The molecule has 2 fully saturated rings. The van der Waals surface area contributed by atoms with E-state index in [4.69, 9.17) is 0 Å². The van der Waals surface area contributed by atoms with Crippen LogP contribution in [-0.4, -0.2) is 43.5 Å². The Labute approximate surface area is 179 Å². The molecule has 5 rings (SSSR count). The largest absolute Gasteiger partial charge is 0.326 e. The molecule has 1 aliphatic carbocycles. The molecule has 0 spiro atoms. The fourth-order valence-electron chi connectivity index (χ4n) is 4.58. The molecule has 0 radical (unpaired) electrons. The van der Waals surface area contributed by atoms with Gasteiger partial charge >= 0.3 is 0 Å². The highest BCUT2D eigenvalue weighted by atomic mass is 16.2. The highest BCUT2D eigenvalue weighted by Crippen LogP contribution is 2.38. The first-order chi connectivity index (χ1) is 15.1. The number of nitrogens with one attached hydrogen (secondary N) is 1. The lowest BCUT2D eigenvalue weighted by molar-refractivity contribution is -0.140. The van der Waals surface area contributed by atoms with E-state index in [9.17, 15) is 14.4 Å². The molecular weight excluding hydrogens is 394 g/mol. The maximum Gasteiger partial charge on any atom is 0.234 e. The summed E-state index contributed by atoms with van der Waals surface area (Å²) in [6.07, 6.45) is 9.14. The van der Waals surface area contributed by atoms with E-state index in [2.05, 4.69) is 15.3 Å². The highest BCUT2D eigenvalue weighted by Gasteiger charge is 2.47. The standard InChI is InChI=1S/C23H23N5O3/c29-20(10-13-28-21(30)17-4-1-2-5-18(17)22(28)31)25-16-8-6-15(7-9-16)19-14-27-12-3-11-24-23(27)26-19/h3,6-9,11-12,14,17-18H,1-2,4-5,10,13H2,(H,25,29)/t17-,18-/m1/s1. The van der Waals surface area contributed by atoms with Gasteiger partial charge in [0.1, 0.15) is 0 Å². The number of amides is 3. The van der Waals surface area contributed by atoms with E-state index in [0.29, 0.717) is 11.5 Å². The molecule has 0 unspecified atom stereocenters. The Morgan fingerprint density at radius 2 is 1.77 bits per heavy atom. The van der Waals surface area contributed by atoms with E-state index in [-0.39, 0.29) is 42.5 Å². The number of anilines is 1. The van der Waals surface area contributed by atoms with Crippen LogP contribution in [0.3, 0.4) is 0 Å². The molecule has 1 saturated carbocycles. The summed E-state index contributed by atoms with van der Waals surface area (Å²) in [5, 5.41) is 2.84. The van der Waals surface area contributed by atoms with Crippen molar-refractivity contribution in [1.29, 1.82) is 0 Å². The SMILES string of the molecule is O=C(CCN1C(=O)[C@@H]2CCCC[C@H]2C1=O)Nc1ccc(-c2cn3cccnc3n2)cc1. The molecule has 1 aromatic carbocycles. The molecule has 1 aliphatic heterocycles. The Hall–Kier alpha value is -3.55. The molecular formula is C23H23N5O3. The molecule has 0 bridgehead atoms. The number of fused-ring (bicyclic) bond motifs is 2. The summed E-state index contributed by atoms with van der Waals surface area (Å²) in [6, 6.07) is 9.23. The zero-order valence-electron chi connectivity index (χ0n) is 17.0. The van der Waals surface area contributed by atoms with Crippen LogP contribution in [0.25, 0.3) is 17.0 Å². The van der Waals surface area contributed by atoms with Gasteiger partial charge in [0.2, 0.25) is 23.5 Å². The number of carbonyl (C=O) groups excluding carboxylic acids is 3. The zero-order valence-corrected chi connectivity index (χ0v) is 17.0. The van der Waals surface area contributed by atoms with E-state index in [1.165, 1.54) is 4.90 Å². The average molecular weight is 417 g/mol. The number of likely N-dealkylation sites (tertiary alicyclic amines) is 1. The lowest BCUT2D eigenvalue weighted by Gasteiger charge is -2.19. The topological polar surface area (TPSA) is 96.7 Å². The molecule has 158 valence electrons. The van der Waals surface area contributed by atoms with Crippen LogP contribution in [0, 0.1) is 11.8 Å². The van der Waals surface area contributed by atoms with Crippen molar-refractivity contribution in [2.45, 2.75) is 32.1 Å². The number of imidazole rings is 1. The van der Waals surface area contributed by atoms with Crippen molar-refractivity contribution >= 4 is 29.2 Å². The normalized spacial score (nSPS) is 20.8. The van der Waals surface area contributed by atoms with Crippen molar-refractivity contribution in [1.82, 2.24) is 19.3 Å². The minimum absolute atomic E-state index is 0.0940. The lowest BCUT2D eigenvalue weighted by atomic mass is 9.81. The molecule has 2 aromatic heterocycles. The molecule has 2 aliphatic rings. The molecule has 8 nitrogen and oxygen atoms in total. The Balaban J connectivity index is 1.19. The quantitative estimate of drug-likeness (QED) is 0.644. The number of imide groups is 1. The van der Waals surface area contributed by atoms with Crippen LogP contribution < -0.4 is 5.32 Å². The van der Waals surface area contributed by atoms with Gasteiger partial charge in [-0.25, -0.2) is 9.97 Å². The minimum atomic E-state index is -0.222. The van der Waals surface area contributed by atoms with Crippen LogP contribution in [0.2, 0.25) is 0 Å². The van der Waals surface area contributed by atoms with Gasteiger partial charge in [0.15, 0.2) is 0 Å². The Morgan fingerprint density at radius 3 is 2.45 bits per heavy atom. The lowest BCUT2D eigenvalue weighted by Crippen LogP contribution is -2.34. The summed E-state index contributed by atoms with van der Waals surface area (Å²) in [6.45, 7) is 0.142. The molecule has 31 heavy (non-hydrogen) atoms. The number of hydrogen-bond acceptors (Lipinski definition) is 5. The van der Waals surface area contributed by atoms with Gasteiger partial charge in [0.05, 0.1) is 17.5 Å². The Morgan fingerprint density at radius 1 is 1.06 bits per heavy atom. The van der Waals surface area contributed by atoms with Gasteiger partial charge < -0.3 is 5.32 Å². The second-order valence-electron chi connectivity index (χ2n) is 8.15. The van der Waals surface area contributed by atoms with Crippen molar-refractivity contribution in [2.24, 2.45) is 11.8 Å². The second-order valence-corrected chi connectivity index (χ2v) is 8.15. The van der Waals surface area contributed by atoms with Crippen molar-refractivity contribution in [2.75, 3.05) is 11.9 Å². The fraction of sp³-hybridized carbons (Fsp3) is 0.348. The molecule has 3 amide bonds.